The molecule has 0 atom stereocenters. The van der Waals surface area contributed by atoms with E-state index >= 15 is 0 Å². The van der Waals surface area contributed by atoms with Gasteiger partial charge in [-0.15, -0.1) is 0 Å². The lowest BCUT2D eigenvalue weighted by Crippen LogP contribution is -2.11. The second-order valence-electron chi connectivity index (χ2n) is 1.93. The first kappa shape index (κ1) is 12.7. The van der Waals surface area contributed by atoms with Crippen LogP contribution in [0.5, 0.6) is 0 Å². The maximum absolute atomic E-state index is 10.4. The molecule has 0 radical (unpaired) electrons. The molecule has 0 aliphatic carbocycles. The molecular weight excluding hydrogens is 208 g/mol. The van der Waals surface area contributed by atoms with E-state index in [1.54, 1.807) is 0 Å². The number of carbonyl (C=O) groups is 1. The fraction of sp³-hybridized carbons (Fsp3) is 0.0909. The highest BCUT2D eigenvalue weighted by molar-refractivity contribution is 7.85. The molecule has 1 amide bonds. The summed E-state index contributed by atoms with van der Waals surface area (Å²) in [5, 5.41) is 4.56. The lowest BCUT2D eigenvalue weighted by molar-refractivity contribution is -0.117. The van der Waals surface area contributed by atoms with Crippen molar-refractivity contribution in [2.45, 2.75) is 6.92 Å². The summed E-state index contributed by atoms with van der Waals surface area (Å²) >= 11 is 3.62. The molecule has 0 saturated heterocycles. The van der Waals surface area contributed by atoms with Crippen molar-refractivity contribution in [3.63, 3.8) is 0 Å². The normalized spacial score (nSPS) is 6.53. The lowest BCUT2D eigenvalue weighted by Gasteiger charge is -1.80. The van der Waals surface area contributed by atoms with Gasteiger partial charge in [0.2, 0.25) is 5.91 Å². The molecule has 15 heavy (non-hydrogen) atoms. The van der Waals surface area contributed by atoms with E-state index in [1.807, 2.05) is 0 Å². The van der Waals surface area contributed by atoms with Crippen LogP contribution in [0.4, 0.5) is 0 Å². The number of hydrogen-bond acceptors (Lipinski definition) is 3. The molecule has 0 unspecified atom stereocenters. The summed E-state index contributed by atoms with van der Waals surface area (Å²) in [6.45, 7) is 1.36. The van der Waals surface area contributed by atoms with Crippen LogP contribution in [-0.2, 0) is 4.79 Å². The first-order chi connectivity index (χ1) is 7.27. The van der Waals surface area contributed by atoms with Crippen molar-refractivity contribution in [2.75, 3.05) is 0 Å². The van der Waals surface area contributed by atoms with E-state index in [0.717, 1.165) is 0 Å². The minimum atomic E-state index is -0.228. The third-order valence-corrected chi connectivity index (χ3v) is 0.915. The van der Waals surface area contributed by atoms with Crippen molar-refractivity contribution >= 4 is 24.8 Å². The van der Waals surface area contributed by atoms with Crippen LogP contribution in [0, 0.1) is 46.9 Å². The zero-order valence-electron chi connectivity index (χ0n) is 7.88. The van der Waals surface area contributed by atoms with Crippen LogP contribution in [0.15, 0.2) is 4.99 Å². The van der Waals surface area contributed by atoms with E-state index in [0.29, 0.717) is 0 Å². The number of hydrogen-bond donors (Lipinski definition) is 2. The Kier molecular flexibility index (Phi) is 8.33. The van der Waals surface area contributed by atoms with Gasteiger partial charge in [-0.1, -0.05) is 12.6 Å². The van der Waals surface area contributed by atoms with E-state index in [9.17, 15) is 4.79 Å². The Morgan fingerprint density at radius 2 is 2.13 bits per heavy atom. The van der Waals surface area contributed by atoms with Gasteiger partial charge < -0.3 is 0 Å². The topological polar surface area (TPSA) is 41.5 Å². The summed E-state index contributed by atoms with van der Waals surface area (Å²) < 4.78 is 0. The average Bonchev–Trinajstić information content (AvgIpc) is 2.20. The van der Waals surface area contributed by atoms with E-state index in [4.69, 9.17) is 0 Å². The predicted octanol–water partition coefficient (Wildman–Crippen LogP) is 0.00920. The van der Waals surface area contributed by atoms with Crippen molar-refractivity contribution in [1.82, 2.24) is 5.32 Å². The highest BCUT2D eigenvalue weighted by Gasteiger charge is 1.78. The van der Waals surface area contributed by atoms with Gasteiger partial charge in [0.15, 0.2) is 0 Å². The molecule has 1 N–H and O–H groups in total. The van der Waals surface area contributed by atoms with E-state index in [1.165, 1.54) is 13.1 Å². The number of aliphatic imine (C=N–C) groups is 1. The molecule has 0 fully saturated rings. The van der Waals surface area contributed by atoms with E-state index in [2.05, 4.69) is 69.9 Å². The molecule has 0 aliphatic heterocycles. The average molecular weight is 214 g/mol. The Morgan fingerprint density at radius 1 is 1.33 bits per heavy atom. The third-order valence-electron chi connectivity index (χ3n) is 0.804. The van der Waals surface area contributed by atoms with Gasteiger partial charge in [-0.05, 0) is 23.0 Å². The van der Waals surface area contributed by atoms with Gasteiger partial charge >= 0.3 is 0 Å². The molecule has 0 saturated carbocycles. The number of nitrogens with one attached hydrogen (secondary N) is 1. The molecule has 0 bridgehead atoms. The van der Waals surface area contributed by atoms with Crippen LogP contribution in [0.3, 0.4) is 0 Å². The van der Waals surface area contributed by atoms with Gasteiger partial charge in [0.1, 0.15) is 0 Å². The maximum atomic E-state index is 10.4. The summed E-state index contributed by atoms with van der Waals surface area (Å²) in [5.41, 5.74) is 0. The van der Waals surface area contributed by atoms with Crippen molar-refractivity contribution < 1.29 is 4.79 Å². The molecule has 72 valence electrons. The van der Waals surface area contributed by atoms with Crippen molar-refractivity contribution in [2.24, 2.45) is 4.99 Å². The quantitative estimate of drug-likeness (QED) is 0.254. The van der Waals surface area contributed by atoms with Crippen molar-refractivity contribution in [1.29, 1.82) is 0 Å². The van der Waals surface area contributed by atoms with Crippen LogP contribution in [0.1, 0.15) is 6.92 Å². The van der Waals surface area contributed by atoms with Gasteiger partial charge in [0.05, 0.1) is 6.21 Å². The number of nitrogens with zero attached hydrogens (tertiary/aromatic N) is 1. The SMILES string of the molecule is CC(=O)NC#CC#CC=NC#CC#CS. The van der Waals surface area contributed by atoms with E-state index < -0.39 is 0 Å². The van der Waals surface area contributed by atoms with Gasteiger partial charge in [-0.25, -0.2) is 0 Å². The lowest BCUT2D eigenvalue weighted by atomic mass is 10.6. The summed E-state index contributed by atoms with van der Waals surface area (Å²) in [6.07, 6.45) is 1.29. The summed E-state index contributed by atoms with van der Waals surface area (Å²) in [7, 11) is 0. The third kappa shape index (κ3) is 11.7. The highest BCUT2D eigenvalue weighted by atomic mass is 32.1. The molecule has 0 heterocycles. The van der Waals surface area contributed by atoms with Crippen molar-refractivity contribution in [3.05, 3.63) is 0 Å². The Hall–Kier alpha value is -2.27. The van der Waals surface area contributed by atoms with Crippen LogP contribution >= 0.6 is 12.6 Å². The molecule has 0 spiro atoms. The number of amides is 1. The summed E-state index contributed by atoms with van der Waals surface area (Å²) in [5.74, 6) is 11.9. The molecule has 0 aromatic heterocycles. The molecule has 4 heteroatoms. The minimum absolute atomic E-state index is 0.228. The Labute approximate surface area is 94.1 Å². The standard InChI is InChI=1S/C11H6N2OS/c1-11(14)13-9-4-2-3-7-12-8-5-6-10-15/h7,15H,1H3,(H,13,14). The van der Waals surface area contributed by atoms with Crippen LogP contribution in [0.2, 0.25) is 0 Å². The molecule has 0 aromatic rings. The molecule has 0 aromatic carbocycles. The molecule has 0 rings (SSSR count). The zero-order valence-corrected chi connectivity index (χ0v) is 8.77. The van der Waals surface area contributed by atoms with Gasteiger partial charge in [-0.3, -0.25) is 10.1 Å². The molecule has 0 aliphatic rings. The maximum Gasteiger partial charge on any atom is 0.228 e. The predicted molar refractivity (Wildman–Crippen MR) is 62.4 cm³/mol. The van der Waals surface area contributed by atoms with Gasteiger partial charge in [-0.2, -0.15) is 4.99 Å². The largest absolute Gasteiger partial charge is 0.285 e. The Morgan fingerprint density at radius 3 is 2.80 bits per heavy atom. The monoisotopic (exact) mass is 214 g/mol. The number of carbonyl (C=O) groups excluding carboxylic acids is 1. The number of rotatable bonds is 0. The second-order valence-corrected chi connectivity index (χ2v) is 2.16. The van der Waals surface area contributed by atoms with Gasteiger partial charge in [0.25, 0.3) is 0 Å². The molecular formula is C11H6N2OS. The summed E-state index contributed by atoms with van der Waals surface area (Å²) in [4.78, 5) is 13.9. The van der Waals surface area contributed by atoms with Crippen molar-refractivity contribution in [3.8, 4) is 46.9 Å². The Balaban J connectivity index is 3.98. The van der Waals surface area contributed by atoms with Crippen LogP contribution < -0.4 is 5.32 Å². The summed E-state index contributed by atoms with van der Waals surface area (Å²) in [6, 6.07) is 4.71. The molecule has 3 nitrogen and oxygen atoms in total. The fourth-order valence-corrected chi connectivity index (χ4v) is 0.428. The van der Waals surface area contributed by atoms with E-state index in [-0.39, 0.29) is 5.91 Å². The van der Waals surface area contributed by atoms with Gasteiger partial charge in [0, 0.05) is 30.9 Å². The first-order valence-corrected chi connectivity index (χ1v) is 4.15. The van der Waals surface area contributed by atoms with Crippen LogP contribution in [-0.4, -0.2) is 12.1 Å². The smallest absolute Gasteiger partial charge is 0.228 e. The Bertz CT molecular complexity index is 490. The zero-order chi connectivity index (χ0) is 11.4. The van der Waals surface area contributed by atoms with Crippen LogP contribution in [0.25, 0.3) is 0 Å². The first-order valence-electron chi connectivity index (χ1n) is 3.70. The second kappa shape index (κ2) is 9.82. The number of thiol groups is 1. The minimum Gasteiger partial charge on any atom is -0.285 e. The highest BCUT2D eigenvalue weighted by Crippen LogP contribution is 1.62. The fourth-order valence-electron chi connectivity index (χ4n) is 0.372.